The summed E-state index contributed by atoms with van der Waals surface area (Å²) in [5, 5.41) is 15.7. The second kappa shape index (κ2) is 8.18. The summed E-state index contributed by atoms with van der Waals surface area (Å²) in [6, 6.07) is 6.88. The highest BCUT2D eigenvalue weighted by Crippen LogP contribution is 2.25. The Morgan fingerprint density at radius 3 is 2.76 bits per heavy atom. The number of anilines is 1. The minimum atomic E-state index is -0.574. The predicted molar refractivity (Wildman–Crippen MR) is 86.6 cm³/mol. The number of aromatic hydroxyl groups is 1. The summed E-state index contributed by atoms with van der Waals surface area (Å²) in [7, 11) is 1.24. The number of phenols is 1. The summed E-state index contributed by atoms with van der Waals surface area (Å²) in [4.78, 5) is 29.6. The molecular formula is C15H13N5O5. The molecule has 10 heteroatoms. The zero-order valence-corrected chi connectivity index (χ0v) is 13.0. The quantitative estimate of drug-likeness (QED) is 0.356. The van der Waals surface area contributed by atoms with E-state index in [0.29, 0.717) is 5.69 Å². The molecule has 0 unspecified atom stereocenters. The number of methoxy groups -OCH3 is 1. The Morgan fingerprint density at radius 2 is 2.16 bits per heavy atom. The molecule has 0 aliphatic heterocycles. The predicted octanol–water partition coefficient (Wildman–Crippen LogP) is 2.53. The minimum Gasteiger partial charge on any atom is -0.507 e. The molecule has 1 heterocycles. The number of hydrogen-bond donors (Lipinski definition) is 2. The molecule has 0 saturated carbocycles. The van der Waals surface area contributed by atoms with Crippen molar-refractivity contribution in [1.29, 1.82) is 0 Å². The number of hydrogen-bond acceptors (Lipinski definition) is 7. The topological polar surface area (TPSA) is 147 Å². The van der Waals surface area contributed by atoms with Gasteiger partial charge in [0.2, 0.25) is 5.88 Å². The van der Waals surface area contributed by atoms with E-state index < -0.39 is 11.9 Å². The summed E-state index contributed by atoms with van der Waals surface area (Å²) in [5.74, 6) is -1.26. The zero-order chi connectivity index (χ0) is 18.2. The number of carbonyl (C=O) groups excluding carboxylic acids is 2. The van der Waals surface area contributed by atoms with Crippen molar-refractivity contribution in [2.45, 2.75) is 0 Å². The molecule has 0 aliphatic rings. The van der Waals surface area contributed by atoms with Gasteiger partial charge in [-0.25, -0.2) is 9.78 Å². The minimum absolute atomic E-state index is 0.00269. The van der Waals surface area contributed by atoms with Crippen LogP contribution in [0.3, 0.4) is 0 Å². The van der Waals surface area contributed by atoms with E-state index >= 15 is 0 Å². The van der Waals surface area contributed by atoms with Gasteiger partial charge < -0.3 is 19.9 Å². The Kier molecular flexibility index (Phi) is 5.75. The van der Waals surface area contributed by atoms with Crippen LogP contribution in [0.5, 0.6) is 11.6 Å². The molecule has 0 bridgehead atoms. The molecule has 25 heavy (non-hydrogen) atoms. The maximum absolute atomic E-state index is 12.1. The van der Waals surface area contributed by atoms with Gasteiger partial charge in [0.25, 0.3) is 5.91 Å². The average Bonchev–Trinajstić information content (AvgIpc) is 2.61. The van der Waals surface area contributed by atoms with Gasteiger partial charge in [-0.2, -0.15) is 0 Å². The van der Waals surface area contributed by atoms with Crippen LogP contribution in [0.2, 0.25) is 0 Å². The van der Waals surface area contributed by atoms with Crippen LogP contribution in [0.1, 0.15) is 10.4 Å². The first-order valence-electron chi connectivity index (χ1n) is 6.88. The Morgan fingerprint density at radius 1 is 1.36 bits per heavy atom. The van der Waals surface area contributed by atoms with E-state index in [2.05, 4.69) is 25.1 Å². The Balaban J connectivity index is 2.03. The van der Waals surface area contributed by atoms with E-state index in [9.17, 15) is 14.7 Å². The summed E-state index contributed by atoms with van der Waals surface area (Å²) in [6.07, 6.45) is 1.33. The highest BCUT2D eigenvalue weighted by atomic mass is 16.6. The SMILES string of the molecule is COC(=O)COc1ccc(NC(=O)c2ccc(N=[N+]=[N-])cc2O)cn1. The number of azide groups is 1. The van der Waals surface area contributed by atoms with Crippen LogP contribution in [0.25, 0.3) is 10.4 Å². The third-order valence-electron chi connectivity index (χ3n) is 2.95. The lowest BCUT2D eigenvalue weighted by molar-refractivity contribution is -0.143. The number of carbonyl (C=O) groups is 2. The fourth-order valence-electron chi connectivity index (χ4n) is 1.76. The van der Waals surface area contributed by atoms with Crippen LogP contribution in [0, 0.1) is 0 Å². The molecule has 128 valence electrons. The van der Waals surface area contributed by atoms with Crippen molar-refractivity contribution < 1.29 is 24.2 Å². The molecule has 0 atom stereocenters. The van der Waals surface area contributed by atoms with Crippen molar-refractivity contribution in [3.05, 3.63) is 52.5 Å². The maximum Gasteiger partial charge on any atom is 0.343 e. The molecule has 1 aromatic heterocycles. The van der Waals surface area contributed by atoms with Crippen molar-refractivity contribution in [3.8, 4) is 11.6 Å². The normalized spacial score (nSPS) is 9.64. The molecule has 2 aromatic rings. The summed E-state index contributed by atoms with van der Waals surface area (Å²) in [6.45, 7) is -0.277. The van der Waals surface area contributed by atoms with Gasteiger partial charge in [0.05, 0.1) is 24.6 Å². The highest BCUT2D eigenvalue weighted by Gasteiger charge is 2.12. The third kappa shape index (κ3) is 4.85. The van der Waals surface area contributed by atoms with E-state index in [-0.39, 0.29) is 29.5 Å². The lowest BCUT2D eigenvalue weighted by atomic mass is 10.1. The second-order valence-corrected chi connectivity index (χ2v) is 4.59. The summed E-state index contributed by atoms with van der Waals surface area (Å²) >= 11 is 0. The molecule has 2 rings (SSSR count). The molecule has 0 aliphatic carbocycles. The zero-order valence-electron chi connectivity index (χ0n) is 13.0. The largest absolute Gasteiger partial charge is 0.507 e. The Bertz CT molecular complexity index is 831. The monoisotopic (exact) mass is 343 g/mol. The van der Waals surface area contributed by atoms with Crippen molar-refractivity contribution >= 4 is 23.3 Å². The standard InChI is InChI=1S/C15H13N5O5/c1-24-14(22)8-25-13-5-3-10(7-17-13)18-15(23)11-4-2-9(19-20-16)6-12(11)21/h2-7,21H,8H2,1H3,(H,18,23). The van der Waals surface area contributed by atoms with Crippen molar-refractivity contribution in [2.75, 3.05) is 19.0 Å². The van der Waals surface area contributed by atoms with E-state index in [1.165, 1.54) is 43.6 Å². The summed E-state index contributed by atoms with van der Waals surface area (Å²) in [5.41, 5.74) is 8.89. The molecule has 0 radical (unpaired) electrons. The van der Waals surface area contributed by atoms with Gasteiger partial charge in [-0.05, 0) is 23.7 Å². The molecule has 2 N–H and O–H groups in total. The van der Waals surface area contributed by atoms with Gasteiger partial charge in [0, 0.05) is 16.7 Å². The number of nitrogens with zero attached hydrogens (tertiary/aromatic N) is 4. The number of esters is 1. The fourth-order valence-corrected chi connectivity index (χ4v) is 1.76. The lowest BCUT2D eigenvalue weighted by Gasteiger charge is -2.08. The van der Waals surface area contributed by atoms with Crippen LogP contribution in [-0.2, 0) is 9.53 Å². The second-order valence-electron chi connectivity index (χ2n) is 4.59. The first-order chi connectivity index (χ1) is 12.0. The maximum atomic E-state index is 12.1. The number of nitrogens with one attached hydrogen (secondary N) is 1. The van der Waals surface area contributed by atoms with Crippen LogP contribution in [0.15, 0.2) is 41.6 Å². The van der Waals surface area contributed by atoms with Crippen molar-refractivity contribution in [2.24, 2.45) is 5.11 Å². The fraction of sp³-hybridized carbons (Fsp3) is 0.133. The van der Waals surface area contributed by atoms with Gasteiger partial charge in [0.15, 0.2) is 6.61 Å². The van der Waals surface area contributed by atoms with E-state index in [0.717, 1.165) is 0 Å². The van der Waals surface area contributed by atoms with Crippen LogP contribution in [-0.4, -0.2) is 35.7 Å². The third-order valence-corrected chi connectivity index (χ3v) is 2.95. The number of aromatic nitrogens is 1. The van der Waals surface area contributed by atoms with Crippen LogP contribution < -0.4 is 10.1 Å². The summed E-state index contributed by atoms with van der Waals surface area (Å²) < 4.78 is 9.51. The van der Waals surface area contributed by atoms with Crippen molar-refractivity contribution in [1.82, 2.24) is 4.98 Å². The molecule has 1 amide bonds. The lowest BCUT2D eigenvalue weighted by Crippen LogP contribution is -2.14. The van der Waals surface area contributed by atoms with Gasteiger partial charge in [-0.1, -0.05) is 11.2 Å². The average molecular weight is 343 g/mol. The Hall–Kier alpha value is -3.78. The van der Waals surface area contributed by atoms with Gasteiger partial charge in [-0.15, -0.1) is 0 Å². The number of rotatable bonds is 6. The molecular weight excluding hydrogens is 330 g/mol. The molecule has 0 fully saturated rings. The van der Waals surface area contributed by atoms with Crippen molar-refractivity contribution in [3.63, 3.8) is 0 Å². The smallest absolute Gasteiger partial charge is 0.343 e. The van der Waals surface area contributed by atoms with Gasteiger partial charge in [0.1, 0.15) is 5.75 Å². The van der Waals surface area contributed by atoms with Gasteiger partial charge >= 0.3 is 5.97 Å². The van der Waals surface area contributed by atoms with E-state index in [1.807, 2.05) is 0 Å². The van der Waals surface area contributed by atoms with E-state index in [4.69, 9.17) is 10.3 Å². The Labute approximate surface area is 141 Å². The van der Waals surface area contributed by atoms with E-state index in [1.54, 1.807) is 0 Å². The van der Waals surface area contributed by atoms with Crippen LogP contribution in [0.4, 0.5) is 11.4 Å². The van der Waals surface area contributed by atoms with Gasteiger partial charge in [-0.3, -0.25) is 4.79 Å². The molecule has 0 saturated heterocycles. The first-order valence-corrected chi connectivity index (χ1v) is 6.88. The number of benzene rings is 1. The molecule has 10 nitrogen and oxygen atoms in total. The van der Waals surface area contributed by atoms with Crippen LogP contribution >= 0.6 is 0 Å². The number of ether oxygens (including phenoxy) is 2. The number of phenolic OH excluding ortho intramolecular Hbond substituents is 1. The first kappa shape index (κ1) is 17.6. The highest BCUT2D eigenvalue weighted by molar-refractivity contribution is 6.06. The number of pyridine rings is 1. The molecule has 1 aromatic carbocycles. The molecule has 0 spiro atoms. The number of amides is 1.